The maximum absolute atomic E-state index is 12.4. The molecule has 0 saturated heterocycles. The summed E-state index contributed by atoms with van der Waals surface area (Å²) in [5.74, 6) is 1.45. The van der Waals surface area contributed by atoms with E-state index in [0.29, 0.717) is 5.69 Å². The van der Waals surface area contributed by atoms with E-state index >= 15 is 0 Å². The molecule has 5 nitrogen and oxygen atoms in total. The Morgan fingerprint density at radius 2 is 2.08 bits per heavy atom. The van der Waals surface area contributed by atoms with Crippen molar-refractivity contribution >= 4 is 33.8 Å². The molecule has 1 N–H and O–H groups in total. The van der Waals surface area contributed by atoms with Crippen LogP contribution in [0.25, 0.3) is 21.7 Å². The predicted octanol–water partition coefficient (Wildman–Crippen LogP) is 4.44. The van der Waals surface area contributed by atoms with Gasteiger partial charge in [0.1, 0.15) is 5.76 Å². The van der Waals surface area contributed by atoms with Crippen LogP contribution >= 0.6 is 11.3 Å². The Morgan fingerprint density at radius 3 is 2.92 bits per heavy atom. The number of para-hydroxylation sites is 1. The Bertz CT molecular complexity index is 1050. The summed E-state index contributed by atoms with van der Waals surface area (Å²) in [6.07, 6.45) is 1.93. The molecule has 1 aromatic carbocycles. The first-order valence-corrected chi connectivity index (χ1v) is 8.72. The summed E-state index contributed by atoms with van der Waals surface area (Å²) in [5, 5.41) is 6.58. The van der Waals surface area contributed by atoms with Crippen LogP contribution in [0.2, 0.25) is 0 Å². The molecule has 124 valence electrons. The fraction of sp³-hybridized carbons (Fsp3) is 0.105. The molecule has 1 amide bonds. The summed E-state index contributed by atoms with van der Waals surface area (Å²) in [6.45, 7) is 1.89. The molecule has 0 radical (unpaired) electrons. The quantitative estimate of drug-likeness (QED) is 0.591. The van der Waals surface area contributed by atoms with Gasteiger partial charge in [0.15, 0.2) is 10.8 Å². The number of carbonyl (C=O) groups excluding carboxylic acids is 1. The van der Waals surface area contributed by atoms with E-state index < -0.39 is 0 Å². The van der Waals surface area contributed by atoms with E-state index in [4.69, 9.17) is 4.42 Å². The predicted molar refractivity (Wildman–Crippen MR) is 98.6 cm³/mol. The van der Waals surface area contributed by atoms with Crippen LogP contribution in [0.1, 0.15) is 11.5 Å². The third-order valence-corrected chi connectivity index (χ3v) is 4.66. The average molecular weight is 349 g/mol. The first kappa shape index (κ1) is 15.5. The molecule has 3 heterocycles. The number of pyridine rings is 1. The number of fused-ring (bicyclic) bond motifs is 1. The van der Waals surface area contributed by atoms with Crippen molar-refractivity contribution < 1.29 is 9.21 Å². The summed E-state index contributed by atoms with van der Waals surface area (Å²) in [5.41, 5.74) is 2.21. The first-order chi connectivity index (χ1) is 12.2. The van der Waals surface area contributed by atoms with Gasteiger partial charge in [-0.3, -0.25) is 9.78 Å². The second-order valence-electron chi connectivity index (χ2n) is 5.66. The highest BCUT2D eigenvalue weighted by Crippen LogP contribution is 2.26. The van der Waals surface area contributed by atoms with Crippen LogP contribution < -0.4 is 5.32 Å². The number of hydrogen-bond acceptors (Lipinski definition) is 5. The molecule has 0 fully saturated rings. The molecule has 25 heavy (non-hydrogen) atoms. The Morgan fingerprint density at radius 1 is 1.20 bits per heavy atom. The van der Waals surface area contributed by atoms with Crippen LogP contribution in [-0.4, -0.2) is 15.9 Å². The van der Waals surface area contributed by atoms with Crippen LogP contribution in [0.15, 0.2) is 58.5 Å². The second-order valence-corrected chi connectivity index (χ2v) is 6.52. The lowest BCUT2D eigenvalue weighted by atomic mass is 10.2. The molecular weight excluding hydrogens is 334 g/mol. The summed E-state index contributed by atoms with van der Waals surface area (Å²) in [4.78, 5) is 21.2. The Balaban J connectivity index is 1.50. The number of nitrogens with one attached hydrogen (secondary N) is 1. The van der Waals surface area contributed by atoms with Gasteiger partial charge in [-0.15, -0.1) is 11.3 Å². The zero-order valence-corrected chi connectivity index (χ0v) is 14.3. The third-order valence-electron chi connectivity index (χ3n) is 3.75. The van der Waals surface area contributed by atoms with Gasteiger partial charge in [-0.2, -0.15) is 0 Å². The highest BCUT2D eigenvalue weighted by molar-refractivity contribution is 7.13. The monoisotopic (exact) mass is 349 g/mol. The van der Waals surface area contributed by atoms with Gasteiger partial charge in [0.25, 0.3) is 0 Å². The minimum absolute atomic E-state index is 0.120. The van der Waals surface area contributed by atoms with Crippen molar-refractivity contribution in [2.45, 2.75) is 13.3 Å². The van der Waals surface area contributed by atoms with Crippen molar-refractivity contribution in [3.05, 3.63) is 65.5 Å². The number of furan rings is 1. The van der Waals surface area contributed by atoms with E-state index in [0.717, 1.165) is 33.1 Å². The number of benzene rings is 1. The number of aryl methyl sites for hydroxylation is 1. The fourth-order valence-electron chi connectivity index (χ4n) is 2.61. The smallest absolute Gasteiger partial charge is 0.230 e. The highest BCUT2D eigenvalue weighted by atomic mass is 32.1. The van der Waals surface area contributed by atoms with Crippen molar-refractivity contribution in [1.82, 2.24) is 9.97 Å². The van der Waals surface area contributed by atoms with E-state index in [-0.39, 0.29) is 12.3 Å². The van der Waals surface area contributed by atoms with Crippen molar-refractivity contribution in [2.24, 2.45) is 0 Å². The van der Waals surface area contributed by atoms with Crippen molar-refractivity contribution in [3.63, 3.8) is 0 Å². The molecule has 3 aromatic heterocycles. The standard InChI is InChI=1S/C19H15N3O2S/c1-12-7-8-16(24-12)19-21-14(11-25-19)10-17(23)22-15-6-2-4-13-5-3-9-20-18(13)15/h2-9,11H,10H2,1H3,(H,22,23). The SMILES string of the molecule is Cc1ccc(-c2nc(CC(=O)Nc3cccc4cccnc34)cs2)o1. The summed E-state index contributed by atoms with van der Waals surface area (Å²) in [7, 11) is 0. The third kappa shape index (κ3) is 3.29. The molecule has 4 rings (SSSR count). The van der Waals surface area contributed by atoms with Crippen LogP contribution in [0.5, 0.6) is 0 Å². The largest absolute Gasteiger partial charge is 0.459 e. The zero-order chi connectivity index (χ0) is 17.2. The van der Waals surface area contributed by atoms with E-state index in [9.17, 15) is 4.79 Å². The van der Waals surface area contributed by atoms with Crippen LogP contribution in [-0.2, 0) is 11.2 Å². The van der Waals surface area contributed by atoms with Crippen LogP contribution in [0, 0.1) is 6.92 Å². The van der Waals surface area contributed by atoms with Gasteiger partial charge in [-0.05, 0) is 31.2 Å². The minimum Gasteiger partial charge on any atom is -0.459 e. The lowest BCUT2D eigenvalue weighted by Gasteiger charge is -2.07. The number of aromatic nitrogens is 2. The molecule has 0 spiro atoms. The maximum atomic E-state index is 12.4. The fourth-order valence-corrected chi connectivity index (χ4v) is 3.39. The molecule has 6 heteroatoms. The van der Waals surface area contributed by atoms with Crippen molar-refractivity contribution in [2.75, 3.05) is 5.32 Å². The summed E-state index contributed by atoms with van der Waals surface area (Å²) < 4.78 is 5.57. The first-order valence-electron chi connectivity index (χ1n) is 7.84. The molecule has 0 atom stereocenters. The van der Waals surface area contributed by atoms with Gasteiger partial charge < -0.3 is 9.73 Å². The Labute approximate surface area is 148 Å². The Kier molecular flexibility index (Phi) is 4.03. The average Bonchev–Trinajstić information content (AvgIpc) is 3.24. The van der Waals surface area contributed by atoms with Gasteiger partial charge >= 0.3 is 0 Å². The van der Waals surface area contributed by atoms with E-state index in [1.807, 2.05) is 54.8 Å². The molecule has 0 unspecified atom stereocenters. The molecule has 0 bridgehead atoms. The number of anilines is 1. The Hall–Kier alpha value is -2.99. The van der Waals surface area contributed by atoms with Crippen LogP contribution in [0.3, 0.4) is 0 Å². The van der Waals surface area contributed by atoms with Gasteiger partial charge in [-0.1, -0.05) is 18.2 Å². The van der Waals surface area contributed by atoms with Crippen LogP contribution in [0.4, 0.5) is 5.69 Å². The minimum atomic E-state index is -0.120. The second kappa shape index (κ2) is 6.49. The van der Waals surface area contributed by atoms with E-state index in [1.54, 1.807) is 6.20 Å². The number of rotatable bonds is 4. The number of amides is 1. The highest BCUT2D eigenvalue weighted by Gasteiger charge is 2.12. The number of hydrogen-bond donors (Lipinski definition) is 1. The molecule has 0 aliphatic carbocycles. The van der Waals surface area contributed by atoms with E-state index in [1.165, 1.54) is 11.3 Å². The summed E-state index contributed by atoms with van der Waals surface area (Å²) >= 11 is 1.47. The molecule has 0 aliphatic heterocycles. The van der Waals surface area contributed by atoms with Crippen molar-refractivity contribution in [3.8, 4) is 10.8 Å². The van der Waals surface area contributed by atoms with Gasteiger partial charge in [0, 0.05) is 17.0 Å². The molecule has 0 aliphatic rings. The normalized spacial score (nSPS) is 10.9. The lowest BCUT2D eigenvalue weighted by Crippen LogP contribution is -2.15. The lowest BCUT2D eigenvalue weighted by molar-refractivity contribution is -0.115. The van der Waals surface area contributed by atoms with E-state index in [2.05, 4.69) is 15.3 Å². The van der Waals surface area contributed by atoms with Crippen molar-refractivity contribution in [1.29, 1.82) is 0 Å². The van der Waals surface area contributed by atoms with Gasteiger partial charge in [0.05, 0.1) is 23.3 Å². The molecular formula is C19H15N3O2S. The number of nitrogens with zero attached hydrogens (tertiary/aromatic N) is 2. The number of thiazole rings is 1. The molecule has 4 aromatic rings. The molecule has 0 saturated carbocycles. The summed E-state index contributed by atoms with van der Waals surface area (Å²) in [6, 6.07) is 13.4. The van der Waals surface area contributed by atoms with Gasteiger partial charge in [0.2, 0.25) is 5.91 Å². The maximum Gasteiger partial charge on any atom is 0.230 e. The topological polar surface area (TPSA) is 68.0 Å². The van der Waals surface area contributed by atoms with Gasteiger partial charge in [-0.25, -0.2) is 4.98 Å². The number of carbonyl (C=O) groups is 1. The zero-order valence-electron chi connectivity index (χ0n) is 13.5.